The van der Waals surface area contributed by atoms with Gasteiger partial charge in [0.2, 0.25) is 10.0 Å². The van der Waals surface area contributed by atoms with Gasteiger partial charge in [-0.1, -0.05) is 17.7 Å². The Bertz CT molecular complexity index is 982. The lowest BCUT2D eigenvalue weighted by molar-refractivity contribution is 0.0473. The van der Waals surface area contributed by atoms with Crippen molar-refractivity contribution in [1.29, 1.82) is 0 Å². The predicted molar refractivity (Wildman–Crippen MR) is 101 cm³/mol. The van der Waals surface area contributed by atoms with E-state index in [9.17, 15) is 18.0 Å². The summed E-state index contributed by atoms with van der Waals surface area (Å²) in [7, 11) is -3.69. The number of sulfonamides is 1. The molecule has 1 aliphatic rings. The minimum Gasteiger partial charge on any atom is -0.454 e. The molecule has 0 aliphatic heterocycles. The van der Waals surface area contributed by atoms with E-state index in [0.29, 0.717) is 16.1 Å². The van der Waals surface area contributed by atoms with Crippen molar-refractivity contribution in [1.82, 2.24) is 4.72 Å². The standard InChI is InChI=1S/C19H18ClNO5S/c1-12-2-9-16(27(24,25)21-15-7-8-15)10-17(12)19(23)26-11-18(22)13-3-5-14(20)6-4-13/h2-6,9-10,15,21H,7-8,11H2,1H3. The maximum atomic E-state index is 12.4. The number of carbonyl (C=O) groups excluding carboxylic acids is 2. The summed E-state index contributed by atoms with van der Waals surface area (Å²) in [6, 6.07) is 10.4. The van der Waals surface area contributed by atoms with E-state index in [-0.39, 0.29) is 22.3 Å². The second-order valence-corrected chi connectivity index (χ2v) is 8.53. The summed E-state index contributed by atoms with van der Waals surface area (Å²) < 4.78 is 32.3. The number of aryl methyl sites for hydroxylation is 1. The summed E-state index contributed by atoms with van der Waals surface area (Å²) in [5, 5.41) is 0.497. The Morgan fingerprint density at radius 2 is 1.81 bits per heavy atom. The fraction of sp³-hybridized carbons (Fsp3) is 0.263. The molecule has 0 radical (unpaired) electrons. The van der Waals surface area contributed by atoms with E-state index in [1.165, 1.54) is 12.1 Å². The number of ketones is 1. The van der Waals surface area contributed by atoms with E-state index in [4.69, 9.17) is 16.3 Å². The molecule has 8 heteroatoms. The van der Waals surface area contributed by atoms with Crippen LogP contribution in [0, 0.1) is 6.92 Å². The number of carbonyl (C=O) groups is 2. The van der Waals surface area contributed by atoms with Gasteiger partial charge in [-0.15, -0.1) is 0 Å². The maximum absolute atomic E-state index is 12.4. The summed E-state index contributed by atoms with van der Waals surface area (Å²) in [5.41, 5.74) is 1.04. The Morgan fingerprint density at radius 3 is 2.44 bits per heavy atom. The van der Waals surface area contributed by atoms with Crippen LogP contribution >= 0.6 is 11.6 Å². The first-order chi connectivity index (χ1) is 12.8. The average Bonchev–Trinajstić information content (AvgIpc) is 3.43. The average molecular weight is 408 g/mol. The number of hydrogen-bond acceptors (Lipinski definition) is 5. The molecule has 3 rings (SSSR count). The van der Waals surface area contributed by atoms with Crippen LogP contribution < -0.4 is 4.72 Å². The van der Waals surface area contributed by atoms with Gasteiger partial charge >= 0.3 is 5.97 Å². The Kier molecular flexibility index (Phi) is 5.64. The minimum atomic E-state index is -3.69. The molecule has 0 unspecified atom stereocenters. The van der Waals surface area contributed by atoms with Crippen molar-refractivity contribution in [3.63, 3.8) is 0 Å². The van der Waals surface area contributed by atoms with Crippen LogP contribution in [0.2, 0.25) is 5.02 Å². The molecule has 1 aliphatic carbocycles. The molecule has 0 amide bonds. The molecule has 1 fully saturated rings. The van der Waals surface area contributed by atoms with Crippen molar-refractivity contribution in [3.8, 4) is 0 Å². The van der Waals surface area contributed by atoms with Crippen molar-refractivity contribution >= 4 is 33.4 Å². The van der Waals surface area contributed by atoms with Crippen LogP contribution in [0.3, 0.4) is 0 Å². The van der Waals surface area contributed by atoms with Gasteiger partial charge in [0, 0.05) is 16.6 Å². The molecule has 0 spiro atoms. The van der Waals surface area contributed by atoms with Crippen molar-refractivity contribution in [2.24, 2.45) is 0 Å². The smallest absolute Gasteiger partial charge is 0.338 e. The Labute approximate surface area is 162 Å². The Balaban J connectivity index is 1.71. The lowest BCUT2D eigenvalue weighted by Crippen LogP contribution is -2.26. The number of Topliss-reactive ketones (excluding diaryl/α,β-unsaturated/α-hetero) is 1. The molecule has 2 aromatic carbocycles. The lowest BCUT2D eigenvalue weighted by Gasteiger charge is -2.10. The van der Waals surface area contributed by atoms with Gasteiger partial charge in [0.1, 0.15) is 0 Å². The van der Waals surface area contributed by atoms with Crippen LogP contribution in [0.1, 0.15) is 39.1 Å². The monoisotopic (exact) mass is 407 g/mol. The Hall–Kier alpha value is -2.22. The molecular formula is C19H18ClNO5S. The highest BCUT2D eigenvalue weighted by molar-refractivity contribution is 7.89. The van der Waals surface area contributed by atoms with Crippen molar-refractivity contribution in [3.05, 3.63) is 64.2 Å². The van der Waals surface area contributed by atoms with Crippen LogP contribution in [0.4, 0.5) is 0 Å². The van der Waals surface area contributed by atoms with E-state index in [1.54, 1.807) is 37.3 Å². The molecule has 1 N–H and O–H groups in total. The third-order valence-electron chi connectivity index (χ3n) is 4.14. The van der Waals surface area contributed by atoms with Crippen molar-refractivity contribution in [2.75, 3.05) is 6.61 Å². The highest BCUT2D eigenvalue weighted by atomic mass is 35.5. The lowest BCUT2D eigenvalue weighted by atomic mass is 10.1. The van der Waals surface area contributed by atoms with Gasteiger partial charge in [0.25, 0.3) is 0 Å². The summed E-state index contributed by atoms with van der Waals surface area (Å²) in [5.74, 6) is -1.13. The molecule has 0 saturated heterocycles. The first-order valence-electron chi connectivity index (χ1n) is 8.35. The van der Waals surface area contributed by atoms with Crippen LogP contribution in [0.5, 0.6) is 0 Å². The molecule has 0 heterocycles. The largest absolute Gasteiger partial charge is 0.454 e. The molecule has 0 aromatic heterocycles. The van der Waals surface area contributed by atoms with Crippen LogP contribution in [-0.2, 0) is 14.8 Å². The molecule has 27 heavy (non-hydrogen) atoms. The third-order valence-corrected chi connectivity index (χ3v) is 5.91. The number of ether oxygens (including phenoxy) is 1. The van der Waals surface area contributed by atoms with E-state index in [0.717, 1.165) is 12.8 Å². The fourth-order valence-electron chi connectivity index (χ4n) is 2.40. The van der Waals surface area contributed by atoms with E-state index < -0.39 is 22.6 Å². The zero-order chi connectivity index (χ0) is 19.6. The number of esters is 1. The minimum absolute atomic E-state index is 0.00372. The van der Waals surface area contributed by atoms with Crippen molar-refractivity contribution in [2.45, 2.75) is 30.7 Å². The molecular weight excluding hydrogens is 390 g/mol. The molecule has 6 nitrogen and oxygen atoms in total. The number of nitrogens with one attached hydrogen (secondary N) is 1. The van der Waals surface area contributed by atoms with Gasteiger partial charge in [-0.2, -0.15) is 0 Å². The zero-order valence-corrected chi connectivity index (χ0v) is 16.1. The number of hydrogen-bond donors (Lipinski definition) is 1. The molecule has 0 atom stereocenters. The van der Waals surface area contributed by atoms with E-state index in [1.807, 2.05) is 0 Å². The topological polar surface area (TPSA) is 89.5 Å². The number of benzene rings is 2. The molecule has 142 valence electrons. The van der Waals surface area contributed by atoms with Gasteiger partial charge < -0.3 is 4.74 Å². The summed E-state index contributed by atoms with van der Waals surface area (Å²) in [6.07, 6.45) is 1.62. The summed E-state index contributed by atoms with van der Waals surface area (Å²) in [4.78, 5) is 24.5. The first kappa shape index (κ1) is 19.5. The molecule has 0 bridgehead atoms. The second-order valence-electron chi connectivity index (χ2n) is 6.38. The quantitative estimate of drug-likeness (QED) is 0.562. The van der Waals surface area contributed by atoms with E-state index >= 15 is 0 Å². The number of halogens is 1. The highest BCUT2D eigenvalue weighted by Crippen LogP contribution is 2.23. The fourth-order valence-corrected chi connectivity index (χ4v) is 3.86. The van der Waals surface area contributed by atoms with Gasteiger partial charge in [0.05, 0.1) is 10.5 Å². The SMILES string of the molecule is Cc1ccc(S(=O)(=O)NC2CC2)cc1C(=O)OCC(=O)c1ccc(Cl)cc1. The molecule has 1 saturated carbocycles. The second kappa shape index (κ2) is 7.80. The third kappa shape index (κ3) is 4.94. The van der Waals surface area contributed by atoms with Gasteiger partial charge in [-0.25, -0.2) is 17.9 Å². The number of rotatable bonds is 7. The summed E-state index contributed by atoms with van der Waals surface area (Å²) >= 11 is 5.78. The molecule has 2 aromatic rings. The van der Waals surface area contributed by atoms with Crippen LogP contribution in [0.15, 0.2) is 47.4 Å². The zero-order valence-electron chi connectivity index (χ0n) is 14.6. The normalized spacial score (nSPS) is 14.0. The summed E-state index contributed by atoms with van der Waals surface area (Å²) in [6.45, 7) is 1.22. The van der Waals surface area contributed by atoms with Gasteiger partial charge in [-0.3, -0.25) is 4.79 Å². The van der Waals surface area contributed by atoms with Gasteiger partial charge in [0.15, 0.2) is 12.4 Å². The van der Waals surface area contributed by atoms with Crippen molar-refractivity contribution < 1.29 is 22.7 Å². The highest BCUT2D eigenvalue weighted by Gasteiger charge is 2.28. The predicted octanol–water partition coefficient (Wildman–Crippen LogP) is 3.13. The van der Waals surface area contributed by atoms with Crippen LogP contribution in [0.25, 0.3) is 0 Å². The first-order valence-corrected chi connectivity index (χ1v) is 10.2. The van der Waals surface area contributed by atoms with E-state index in [2.05, 4.69) is 4.72 Å². The Morgan fingerprint density at radius 1 is 1.15 bits per heavy atom. The van der Waals surface area contributed by atoms with Gasteiger partial charge in [-0.05, 0) is 61.7 Å². The maximum Gasteiger partial charge on any atom is 0.338 e. The van der Waals surface area contributed by atoms with Crippen LogP contribution in [-0.4, -0.2) is 32.8 Å².